The van der Waals surface area contributed by atoms with Crippen molar-refractivity contribution in [2.75, 3.05) is 24.7 Å². The maximum absolute atomic E-state index is 11.4. The second kappa shape index (κ2) is 12.5. The molecule has 4 aromatic rings. The smallest absolute Gasteiger partial charge is 0.410 e. The number of nitrogens with one attached hydrogen (secondary N) is 2. The van der Waals surface area contributed by atoms with Gasteiger partial charge in [-0.2, -0.15) is 4.98 Å². The Morgan fingerprint density at radius 1 is 1.12 bits per heavy atom. The van der Waals surface area contributed by atoms with Crippen LogP contribution in [0.25, 0.3) is 22.4 Å². The van der Waals surface area contributed by atoms with Crippen molar-refractivity contribution in [2.45, 2.75) is 38.3 Å². The molecular formula is C32H34ClN7O3. The summed E-state index contributed by atoms with van der Waals surface area (Å²) in [7, 11) is 0. The van der Waals surface area contributed by atoms with Crippen molar-refractivity contribution in [3.8, 4) is 11.3 Å². The zero-order valence-electron chi connectivity index (χ0n) is 23.7. The molecule has 2 aliphatic rings. The number of anilines is 1. The molecule has 1 aliphatic carbocycles. The van der Waals surface area contributed by atoms with E-state index in [-0.39, 0.29) is 11.9 Å². The molecule has 43 heavy (non-hydrogen) atoms. The van der Waals surface area contributed by atoms with Crippen LogP contribution in [0.3, 0.4) is 0 Å². The third-order valence-corrected chi connectivity index (χ3v) is 8.61. The zero-order chi connectivity index (χ0) is 29.9. The lowest BCUT2D eigenvalue weighted by Gasteiger charge is -2.37. The van der Waals surface area contributed by atoms with Crippen LogP contribution in [0, 0.1) is 17.2 Å². The Bertz CT molecular complexity index is 1650. The molecule has 1 atom stereocenters. The van der Waals surface area contributed by atoms with Gasteiger partial charge in [-0.05, 0) is 55.2 Å². The summed E-state index contributed by atoms with van der Waals surface area (Å²) in [6.45, 7) is 6.44. The summed E-state index contributed by atoms with van der Waals surface area (Å²) in [4.78, 5) is 28.1. The maximum atomic E-state index is 11.4. The molecule has 3 heterocycles. The molecule has 2 aromatic heterocycles. The van der Waals surface area contributed by atoms with E-state index in [1.54, 1.807) is 6.07 Å². The number of nitrogens with zero attached hydrogens (tertiary/aromatic N) is 5. The van der Waals surface area contributed by atoms with Gasteiger partial charge in [0.2, 0.25) is 5.95 Å². The Morgan fingerprint density at radius 2 is 1.91 bits per heavy atom. The Morgan fingerprint density at radius 3 is 2.63 bits per heavy atom. The highest BCUT2D eigenvalue weighted by molar-refractivity contribution is 6.30. The zero-order valence-corrected chi connectivity index (χ0v) is 24.5. The second-order valence-electron chi connectivity index (χ2n) is 11.1. The van der Waals surface area contributed by atoms with Gasteiger partial charge in [0, 0.05) is 23.7 Å². The molecule has 1 saturated carbocycles. The van der Waals surface area contributed by atoms with Crippen LogP contribution < -0.4 is 10.2 Å². The number of allylic oxidation sites excluding steroid dienone is 1. The number of imidazole rings is 1. The average molecular weight is 600 g/mol. The predicted molar refractivity (Wildman–Crippen MR) is 167 cm³/mol. The summed E-state index contributed by atoms with van der Waals surface area (Å²) in [5.41, 5.74) is 3.52. The minimum atomic E-state index is -1.36. The van der Waals surface area contributed by atoms with Crippen molar-refractivity contribution in [1.29, 1.82) is 5.41 Å². The van der Waals surface area contributed by atoms with Crippen molar-refractivity contribution in [2.24, 2.45) is 11.8 Å². The molecule has 0 radical (unpaired) electrons. The number of carboxylic acid groups (broad SMARTS) is 1. The number of hydrogen-bond donors (Lipinski definition) is 3. The Kier molecular flexibility index (Phi) is 8.40. The molecule has 10 nitrogen and oxygen atoms in total. The molecule has 0 bridgehead atoms. The number of halogens is 1. The fourth-order valence-corrected chi connectivity index (χ4v) is 6.38. The third kappa shape index (κ3) is 6.11. The fourth-order valence-electron chi connectivity index (χ4n) is 6.19. The fraction of sp³-hybridized carbons (Fsp3) is 0.344. The van der Waals surface area contributed by atoms with Crippen molar-refractivity contribution in [3.63, 3.8) is 0 Å². The number of morpholine rings is 1. The van der Waals surface area contributed by atoms with E-state index in [1.807, 2.05) is 36.4 Å². The SMILES string of the molecule is C=CC1CCC(Cn2c(N3CCOC[C@H]3c3ccccc3)nc3nc(C(=N)NC(=O)O)nc(-c4cccc(Cl)c4)c32)CC1. The quantitative estimate of drug-likeness (QED) is 0.129. The first-order valence-electron chi connectivity index (χ1n) is 14.6. The molecule has 0 unspecified atom stereocenters. The van der Waals surface area contributed by atoms with Crippen LogP contribution in [0.2, 0.25) is 5.02 Å². The first kappa shape index (κ1) is 28.8. The van der Waals surface area contributed by atoms with Gasteiger partial charge in [-0.15, -0.1) is 6.58 Å². The Hall–Kier alpha value is -4.28. The van der Waals surface area contributed by atoms with Gasteiger partial charge < -0.3 is 19.3 Å². The van der Waals surface area contributed by atoms with Gasteiger partial charge in [0.15, 0.2) is 17.3 Å². The normalized spacial score (nSPS) is 20.6. The molecule has 6 rings (SSSR count). The number of rotatable bonds is 7. The molecule has 1 aliphatic heterocycles. The van der Waals surface area contributed by atoms with E-state index >= 15 is 0 Å². The van der Waals surface area contributed by atoms with Crippen LogP contribution in [0.5, 0.6) is 0 Å². The molecule has 1 amide bonds. The number of benzene rings is 2. The highest BCUT2D eigenvalue weighted by Gasteiger charge is 2.32. The molecule has 222 valence electrons. The lowest BCUT2D eigenvalue weighted by Crippen LogP contribution is -2.41. The third-order valence-electron chi connectivity index (χ3n) is 8.37. The van der Waals surface area contributed by atoms with E-state index in [9.17, 15) is 9.90 Å². The van der Waals surface area contributed by atoms with Crippen LogP contribution in [0.4, 0.5) is 10.7 Å². The summed E-state index contributed by atoms with van der Waals surface area (Å²) in [5, 5.41) is 20.3. The number of carbonyl (C=O) groups is 1. The Balaban J connectivity index is 1.55. The first-order chi connectivity index (χ1) is 20.9. The standard InChI is InChI=1S/C32H34ClN7O3/c1-2-20-11-13-21(14-12-20)18-40-27-26(23-9-6-10-24(33)17-23)35-30(28(34)36-32(41)42)37-29(27)38-31(40)39-15-16-43-19-25(39)22-7-4-3-5-8-22/h2-10,17,20-21,25H,1,11-16,18-19H2,(H2,34,36)(H,41,42)/t20?,21?,25-/m0/s1. The lowest BCUT2D eigenvalue weighted by molar-refractivity contribution is 0.0927. The average Bonchev–Trinajstić information content (AvgIpc) is 3.39. The molecule has 1 saturated heterocycles. The molecule has 11 heteroatoms. The van der Waals surface area contributed by atoms with Gasteiger partial charge in [0.05, 0.1) is 19.3 Å². The van der Waals surface area contributed by atoms with Gasteiger partial charge in [-0.3, -0.25) is 10.7 Å². The number of aromatic nitrogens is 4. The summed E-state index contributed by atoms with van der Waals surface area (Å²) in [5.74, 6) is 1.23. The van der Waals surface area contributed by atoms with Gasteiger partial charge in [-0.25, -0.2) is 14.8 Å². The number of ether oxygens (including phenoxy) is 1. The first-order valence-corrected chi connectivity index (χ1v) is 14.9. The highest BCUT2D eigenvalue weighted by Crippen LogP contribution is 2.38. The number of amides is 1. The van der Waals surface area contributed by atoms with Crippen LogP contribution in [-0.4, -0.2) is 56.3 Å². The second-order valence-corrected chi connectivity index (χ2v) is 11.6. The van der Waals surface area contributed by atoms with Gasteiger partial charge in [0.1, 0.15) is 11.2 Å². The molecule has 3 N–H and O–H groups in total. The monoisotopic (exact) mass is 599 g/mol. The van der Waals surface area contributed by atoms with E-state index in [2.05, 4.69) is 44.6 Å². The minimum Gasteiger partial charge on any atom is -0.465 e. The van der Waals surface area contributed by atoms with E-state index in [0.717, 1.165) is 54.8 Å². The maximum Gasteiger partial charge on any atom is 0.410 e. The van der Waals surface area contributed by atoms with Crippen molar-refractivity contribution >= 4 is 40.6 Å². The van der Waals surface area contributed by atoms with Crippen LogP contribution >= 0.6 is 11.6 Å². The molecule has 0 spiro atoms. The molecule has 2 aromatic carbocycles. The number of amidine groups is 1. The van der Waals surface area contributed by atoms with E-state index in [1.165, 1.54) is 0 Å². The predicted octanol–water partition coefficient (Wildman–Crippen LogP) is 6.31. The molecular weight excluding hydrogens is 566 g/mol. The summed E-state index contributed by atoms with van der Waals surface area (Å²) in [6, 6.07) is 17.5. The van der Waals surface area contributed by atoms with Crippen LogP contribution in [0.15, 0.2) is 67.3 Å². The van der Waals surface area contributed by atoms with Crippen LogP contribution in [-0.2, 0) is 11.3 Å². The van der Waals surface area contributed by atoms with E-state index in [0.29, 0.717) is 48.0 Å². The number of hydrogen-bond acceptors (Lipinski definition) is 7. The van der Waals surface area contributed by atoms with E-state index in [4.69, 9.17) is 31.7 Å². The molecule has 2 fully saturated rings. The van der Waals surface area contributed by atoms with Crippen molar-refractivity contribution < 1.29 is 14.6 Å². The van der Waals surface area contributed by atoms with Gasteiger partial charge in [0.25, 0.3) is 0 Å². The van der Waals surface area contributed by atoms with Crippen molar-refractivity contribution in [1.82, 2.24) is 24.8 Å². The minimum absolute atomic E-state index is 0.0592. The Labute approximate surface area is 254 Å². The van der Waals surface area contributed by atoms with Crippen LogP contribution in [0.1, 0.15) is 43.1 Å². The summed E-state index contributed by atoms with van der Waals surface area (Å²) < 4.78 is 8.17. The van der Waals surface area contributed by atoms with Crippen molar-refractivity contribution in [3.05, 3.63) is 83.7 Å². The highest BCUT2D eigenvalue weighted by atomic mass is 35.5. The topological polar surface area (TPSA) is 129 Å². The number of fused-ring (bicyclic) bond motifs is 1. The van der Waals surface area contributed by atoms with E-state index < -0.39 is 11.9 Å². The summed E-state index contributed by atoms with van der Waals surface area (Å²) >= 11 is 6.43. The summed E-state index contributed by atoms with van der Waals surface area (Å²) in [6.07, 6.45) is 5.04. The largest absolute Gasteiger partial charge is 0.465 e. The van der Waals surface area contributed by atoms with Gasteiger partial charge >= 0.3 is 6.09 Å². The van der Waals surface area contributed by atoms with Gasteiger partial charge in [-0.1, -0.05) is 60.1 Å². The lowest BCUT2D eigenvalue weighted by atomic mass is 9.82.